The van der Waals surface area contributed by atoms with Crippen LogP contribution >= 0.6 is 0 Å². The topological polar surface area (TPSA) is 21.8 Å². The summed E-state index contributed by atoms with van der Waals surface area (Å²) in [6.45, 7) is 3.91. The molecule has 0 amide bonds. The number of hydrogen-bond donors (Lipinski definition) is 0. The number of epoxide rings is 1. The molecular formula is C12H14O2. The van der Waals surface area contributed by atoms with Gasteiger partial charge in [0, 0.05) is 12.8 Å². The van der Waals surface area contributed by atoms with Gasteiger partial charge in [0.05, 0.1) is 18.8 Å². The van der Waals surface area contributed by atoms with Crippen LogP contribution in [0.5, 0.6) is 5.75 Å². The fourth-order valence-electron chi connectivity index (χ4n) is 2.01. The molecule has 0 N–H and O–H groups in total. The van der Waals surface area contributed by atoms with E-state index in [9.17, 15) is 0 Å². The Morgan fingerprint density at radius 2 is 2.29 bits per heavy atom. The zero-order chi connectivity index (χ0) is 9.60. The largest absolute Gasteiger partial charge is 0.493 e. The first-order chi connectivity index (χ1) is 6.75. The minimum atomic E-state index is 0.119. The molecule has 2 aliphatic rings. The van der Waals surface area contributed by atoms with E-state index < -0.39 is 0 Å². The first-order valence-corrected chi connectivity index (χ1v) is 5.14. The summed E-state index contributed by atoms with van der Waals surface area (Å²) in [5.41, 5.74) is 2.84. The van der Waals surface area contributed by atoms with Gasteiger partial charge in [-0.15, -0.1) is 0 Å². The highest BCUT2D eigenvalue weighted by Crippen LogP contribution is 2.32. The highest BCUT2D eigenvalue weighted by molar-refractivity contribution is 5.40. The second kappa shape index (κ2) is 2.74. The Bertz CT molecular complexity index is 367. The van der Waals surface area contributed by atoms with E-state index in [-0.39, 0.29) is 5.60 Å². The highest BCUT2D eigenvalue weighted by atomic mass is 16.6. The van der Waals surface area contributed by atoms with Crippen molar-refractivity contribution in [2.75, 3.05) is 13.2 Å². The third kappa shape index (κ3) is 1.40. The lowest BCUT2D eigenvalue weighted by Gasteiger charge is -2.06. The van der Waals surface area contributed by atoms with E-state index in [1.54, 1.807) is 0 Å². The van der Waals surface area contributed by atoms with E-state index in [1.807, 2.05) is 0 Å². The number of benzene rings is 1. The standard InChI is InChI=1S/C12H14O2/c1-12(8-14-12)7-9-2-3-11-10(6-9)4-5-13-11/h2-3,6H,4-5,7-8H2,1H3. The lowest BCUT2D eigenvalue weighted by Crippen LogP contribution is -2.08. The van der Waals surface area contributed by atoms with Crippen molar-refractivity contribution < 1.29 is 9.47 Å². The third-order valence-corrected chi connectivity index (χ3v) is 2.97. The molecule has 1 aromatic rings. The van der Waals surface area contributed by atoms with Gasteiger partial charge in [0.1, 0.15) is 5.75 Å². The molecule has 2 heterocycles. The number of fused-ring (bicyclic) bond motifs is 1. The van der Waals surface area contributed by atoms with Crippen LogP contribution in [0.15, 0.2) is 18.2 Å². The average molecular weight is 190 g/mol. The van der Waals surface area contributed by atoms with Gasteiger partial charge in [-0.25, -0.2) is 0 Å². The number of hydrogen-bond acceptors (Lipinski definition) is 2. The summed E-state index contributed by atoms with van der Waals surface area (Å²) in [4.78, 5) is 0. The summed E-state index contributed by atoms with van der Waals surface area (Å²) in [5, 5.41) is 0. The van der Waals surface area contributed by atoms with Crippen LogP contribution in [0.25, 0.3) is 0 Å². The SMILES string of the molecule is CC1(Cc2ccc3c(c2)CCO3)CO1. The molecular weight excluding hydrogens is 176 g/mol. The maximum absolute atomic E-state index is 5.47. The number of ether oxygens (including phenoxy) is 2. The van der Waals surface area contributed by atoms with Crippen LogP contribution in [0.4, 0.5) is 0 Å². The molecule has 0 aliphatic carbocycles. The molecule has 1 fully saturated rings. The Balaban J connectivity index is 1.85. The van der Waals surface area contributed by atoms with Crippen molar-refractivity contribution in [3.63, 3.8) is 0 Å². The van der Waals surface area contributed by atoms with Crippen LogP contribution in [0, 0.1) is 0 Å². The summed E-state index contributed by atoms with van der Waals surface area (Å²) in [5.74, 6) is 1.07. The van der Waals surface area contributed by atoms with E-state index in [4.69, 9.17) is 9.47 Å². The Labute approximate surface area is 83.8 Å². The summed E-state index contributed by atoms with van der Waals surface area (Å²) < 4.78 is 10.9. The quantitative estimate of drug-likeness (QED) is 0.665. The normalized spacial score (nSPS) is 28.4. The van der Waals surface area contributed by atoms with Gasteiger partial charge in [-0.3, -0.25) is 0 Å². The molecule has 1 saturated heterocycles. The van der Waals surface area contributed by atoms with Gasteiger partial charge in [-0.05, 0) is 24.1 Å². The van der Waals surface area contributed by atoms with Crippen molar-refractivity contribution in [1.29, 1.82) is 0 Å². The fraction of sp³-hybridized carbons (Fsp3) is 0.500. The van der Waals surface area contributed by atoms with Gasteiger partial charge in [0.25, 0.3) is 0 Å². The van der Waals surface area contributed by atoms with E-state index in [0.29, 0.717) is 0 Å². The third-order valence-electron chi connectivity index (χ3n) is 2.97. The highest BCUT2D eigenvalue weighted by Gasteiger charge is 2.39. The molecule has 1 aromatic carbocycles. The molecule has 2 aliphatic heterocycles. The molecule has 2 nitrogen and oxygen atoms in total. The van der Waals surface area contributed by atoms with Gasteiger partial charge in [0.2, 0.25) is 0 Å². The Morgan fingerprint density at radius 1 is 1.43 bits per heavy atom. The summed E-state index contributed by atoms with van der Waals surface area (Å²) >= 11 is 0. The predicted molar refractivity (Wildman–Crippen MR) is 53.7 cm³/mol. The molecule has 0 saturated carbocycles. The molecule has 2 heteroatoms. The molecule has 0 spiro atoms. The lowest BCUT2D eigenvalue weighted by molar-refractivity contribution is 0.322. The van der Waals surface area contributed by atoms with E-state index >= 15 is 0 Å². The van der Waals surface area contributed by atoms with Crippen LogP contribution in [0.2, 0.25) is 0 Å². The first kappa shape index (κ1) is 8.30. The summed E-state index contributed by atoms with van der Waals surface area (Å²) in [6, 6.07) is 6.50. The van der Waals surface area contributed by atoms with Crippen molar-refractivity contribution in [1.82, 2.24) is 0 Å². The molecule has 3 rings (SSSR count). The van der Waals surface area contributed by atoms with Crippen molar-refractivity contribution in [3.05, 3.63) is 29.3 Å². The summed E-state index contributed by atoms with van der Waals surface area (Å²) in [7, 11) is 0. The molecule has 0 radical (unpaired) electrons. The Hall–Kier alpha value is -1.02. The van der Waals surface area contributed by atoms with Crippen LogP contribution in [-0.2, 0) is 17.6 Å². The van der Waals surface area contributed by atoms with Gasteiger partial charge < -0.3 is 9.47 Å². The maximum atomic E-state index is 5.47. The predicted octanol–water partition coefficient (Wildman–Crippen LogP) is 1.95. The van der Waals surface area contributed by atoms with Crippen molar-refractivity contribution >= 4 is 0 Å². The van der Waals surface area contributed by atoms with Crippen LogP contribution < -0.4 is 4.74 Å². The zero-order valence-electron chi connectivity index (χ0n) is 8.38. The monoisotopic (exact) mass is 190 g/mol. The van der Waals surface area contributed by atoms with E-state index in [2.05, 4.69) is 25.1 Å². The second-order valence-electron chi connectivity index (χ2n) is 4.46. The second-order valence-corrected chi connectivity index (χ2v) is 4.46. The van der Waals surface area contributed by atoms with Gasteiger partial charge in [-0.2, -0.15) is 0 Å². The van der Waals surface area contributed by atoms with Gasteiger partial charge >= 0.3 is 0 Å². The molecule has 0 bridgehead atoms. The number of rotatable bonds is 2. The minimum Gasteiger partial charge on any atom is -0.493 e. The van der Waals surface area contributed by atoms with E-state index in [0.717, 1.165) is 31.8 Å². The van der Waals surface area contributed by atoms with Crippen molar-refractivity contribution in [3.8, 4) is 5.75 Å². The van der Waals surface area contributed by atoms with Gasteiger partial charge in [0.15, 0.2) is 0 Å². The Kier molecular flexibility index (Phi) is 1.62. The Morgan fingerprint density at radius 3 is 3.07 bits per heavy atom. The fourth-order valence-corrected chi connectivity index (χ4v) is 2.01. The van der Waals surface area contributed by atoms with Crippen molar-refractivity contribution in [2.24, 2.45) is 0 Å². The molecule has 0 aromatic heterocycles. The smallest absolute Gasteiger partial charge is 0.122 e. The van der Waals surface area contributed by atoms with Crippen LogP contribution in [0.3, 0.4) is 0 Å². The first-order valence-electron chi connectivity index (χ1n) is 5.14. The minimum absolute atomic E-state index is 0.119. The van der Waals surface area contributed by atoms with Crippen LogP contribution in [-0.4, -0.2) is 18.8 Å². The summed E-state index contributed by atoms with van der Waals surface area (Å²) in [6.07, 6.45) is 2.08. The lowest BCUT2D eigenvalue weighted by atomic mass is 9.99. The molecule has 74 valence electrons. The van der Waals surface area contributed by atoms with E-state index in [1.165, 1.54) is 11.1 Å². The molecule has 1 atom stereocenters. The average Bonchev–Trinajstić information content (AvgIpc) is 2.73. The molecule has 1 unspecified atom stereocenters. The maximum Gasteiger partial charge on any atom is 0.122 e. The van der Waals surface area contributed by atoms with Crippen LogP contribution in [0.1, 0.15) is 18.1 Å². The van der Waals surface area contributed by atoms with Gasteiger partial charge in [-0.1, -0.05) is 12.1 Å². The zero-order valence-corrected chi connectivity index (χ0v) is 8.38. The molecule has 14 heavy (non-hydrogen) atoms. The van der Waals surface area contributed by atoms with Crippen molar-refractivity contribution in [2.45, 2.75) is 25.4 Å².